The quantitative estimate of drug-likeness (QED) is 0.486. The average molecular weight is 271 g/mol. The van der Waals surface area contributed by atoms with E-state index in [1.54, 1.807) is 0 Å². The lowest BCUT2D eigenvalue weighted by atomic mass is 10.2. The zero-order valence-electron chi connectivity index (χ0n) is 10.1. The first-order valence-electron chi connectivity index (χ1n) is 5.78. The Balaban J connectivity index is 2.60. The molecule has 0 radical (unpaired) electrons. The largest absolute Gasteiger partial charge is 0.326 e. The van der Waals surface area contributed by atoms with E-state index in [9.17, 15) is 14.9 Å². The minimum absolute atomic E-state index is 0.0198. The van der Waals surface area contributed by atoms with Crippen LogP contribution in [0.15, 0.2) is 18.2 Å². The van der Waals surface area contributed by atoms with E-state index < -0.39 is 4.92 Å². The molecule has 0 aromatic heterocycles. The number of benzene rings is 1. The van der Waals surface area contributed by atoms with Crippen molar-refractivity contribution in [1.82, 2.24) is 0 Å². The van der Waals surface area contributed by atoms with Gasteiger partial charge >= 0.3 is 0 Å². The molecule has 1 N–H and O–H groups in total. The number of hydrogen-bond acceptors (Lipinski definition) is 3. The van der Waals surface area contributed by atoms with Crippen molar-refractivity contribution in [3.8, 4) is 0 Å². The van der Waals surface area contributed by atoms with Crippen molar-refractivity contribution in [1.29, 1.82) is 0 Å². The second kappa shape index (κ2) is 6.96. The van der Waals surface area contributed by atoms with Crippen LogP contribution in [0.2, 0.25) is 5.02 Å². The molecular weight excluding hydrogens is 256 g/mol. The van der Waals surface area contributed by atoms with Gasteiger partial charge in [0.2, 0.25) is 5.91 Å². The van der Waals surface area contributed by atoms with Crippen molar-refractivity contribution in [3.05, 3.63) is 33.3 Å². The highest BCUT2D eigenvalue weighted by molar-refractivity contribution is 6.33. The number of anilines is 1. The first-order chi connectivity index (χ1) is 8.54. The average Bonchev–Trinajstić information content (AvgIpc) is 2.28. The number of nitrogens with one attached hydrogen (secondary N) is 1. The van der Waals surface area contributed by atoms with Gasteiger partial charge in [-0.25, -0.2) is 0 Å². The molecule has 1 aromatic carbocycles. The van der Waals surface area contributed by atoms with Gasteiger partial charge in [-0.1, -0.05) is 31.4 Å². The van der Waals surface area contributed by atoms with Crippen LogP contribution in [0.1, 0.15) is 32.6 Å². The minimum atomic E-state index is -0.560. The number of nitrogens with zero attached hydrogens (tertiary/aromatic N) is 1. The first-order valence-corrected chi connectivity index (χ1v) is 6.16. The predicted molar refractivity (Wildman–Crippen MR) is 70.9 cm³/mol. The summed E-state index contributed by atoms with van der Waals surface area (Å²) < 4.78 is 0. The highest BCUT2D eigenvalue weighted by atomic mass is 35.5. The number of carbonyl (C=O) groups is 1. The van der Waals surface area contributed by atoms with E-state index in [0.29, 0.717) is 12.1 Å². The van der Waals surface area contributed by atoms with Crippen LogP contribution in [-0.2, 0) is 4.79 Å². The number of rotatable bonds is 6. The zero-order chi connectivity index (χ0) is 13.5. The first kappa shape index (κ1) is 14.4. The van der Waals surface area contributed by atoms with E-state index in [4.69, 9.17) is 11.6 Å². The number of unbranched alkanes of at least 4 members (excludes halogenated alkanes) is 2. The Bertz CT molecular complexity index is 449. The molecule has 1 amide bonds. The van der Waals surface area contributed by atoms with E-state index in [2.05, 4.69) is 12.2 Å². The van der Waals surface area contributed by atoms with Crippen LogP contribution in [0, 0.1) is 10.1 Å². The van der Waals surface area contributed by atoms with Gasteiger partial charge in [0.15, 0.2) is 0 Å². The fourth-order valence-electron chi connectivity index (χ4n) is 1.49. The topological polar surface area (TPSA) is 72.2 Å². The lowest BCUT2D eigenvalue weighted by Crippen LogP contribution is -2.11. The summed E-state index contributed by atoms with van der Waals surface area (Å²) in [7, 11) is 0. The van der Waals surface area contributed by atoms with Gasteiger partial charge < -0.3 is 5.32 Å². The maximum atomic E-state index is 11.5. The molecule has 0 bridgehead atoms. The van der Waals surface area contributed by atoms with Crippen LogP contribution < -0.4 is 5.32 Å². The van der Waals surface area contributed by atoms with Gasteiger partial charge in [-0.05, 0) is 18.6 Å². The molecule has 0 unspecified atom stereocenters. The van der Waals surface area contributed by atoms with Crippen LogP contribution in [0.25, 0.3) is 0 Å². The SMILES string of the molecule is CCCCCC(=O)Nc1ccc([N+](=O)[O-])c(Cl)c1. The molecule has 0 heterocycles. The van der Waals surface area contributed by atoms with Gasteiger partial charge in [0.1, 0.15) is 5.02 Å². The zero-order valence-corrected chi connectivity index (χ0v) is 10.9. The van der Waals surface area contributed by atoms with E-state index in [1.807, 2.05) is 0 Å². The Morgan fingerprint density at radius 1 is 1.44 bits per heavy atom. The minimum Gasteiger partial charge on any atom is -0.326 e. The van der Waals surface area contributed by atoms with Gasteiger partial charge in [0, 0.05) is 18.2 Å². The van der Waals surface area contributed by atoms with Crippen LogP contribution in [0.3, 0.4) is 0 Å². The second-order valence-corrected chi connectivity index (χ2v) is 4.34. The molecule has 98 valence electrons. The summed E-state index contributed by atoms with van der Waals surface area (Å²) in [5.74, 6) is -0.103. The molecular formula is C12H15ClN2O3. The molecule has 0 spiro atoms. The molecule has 1 aromatic rings. The standard InChI is InChI=1S/C12H15ClN2O3/c1-2-3-4-5-12(16)14-9-6-7-11(15(17)18)10(13)8-9/h6-8H,2-5H2,1H3,(H,14,16). The summed E-state index contributed by atoms with van der Waals surface area (Å²) in [6, 6.07) is 4.14. The molecule has 0 saturated carbocycles. The highest BCUT2D eigenvalue weighted by Gasteiger charge is 2.12. The van der Waals surface area contributed by atoms with Gasteiger partial charge in [0.05, 0.1) is 4.92 Å². The lowest BCUT2D eigenvalue weighted by Gasteiger charge is -2.05. The van der Waals surface area contributed by atoms with Gasteiger partial charge in [-0.3, -0.25) is 14.9 Å². The summed E-state index contributed by atoms with van der Waals surface area (Å²) >= 11 is 5.74. The molecule has 0 aliphatic heterocycles. The van der Waals surface area contributed by atoms with Crippen molar-refractivity contribution in [2.75, 3.05) is 5.32 Å². The number of amides is 1. The van der Waals surface area contributed by atoms with Gasteiger partial charge in [-0.15, -0.1) is 0 Å². The van der Waals surface area contributed by atoms with Crippen molar-refractivity contribution < 1.29 is 9.72 Å². The molecule has 6 heteroatoms. The van der Waals surface area contributed by atoms with Crippen molar-refractivity contribution in [2.24, 2.45) is 0 Å². The fourth-order valence-corrected chi connectivity index (χ4v) is 1.74. The Hall–Kier alpha value is -1.62. The summed E-state index contributed by atoms with van der Waals surface area (Å²) in [6.07, 6.45) is 3.34. The van der Waals surface area contributed by atoms with E-state index in [0.717, 1.165) is 19.3 Å². The summed E-state index contributed by atoms with van der Waals surface area (Å²) in [5, 5.41) is 13.2. The van der Waals surface area contributed by atoms with E-state index in [-0.39, 0.29) is 16.6 Å². The van der Waals surface area contributed by atoms with Crippen LogP contribution >= 0.6 is 11.6 Å². The van der Waals surface area contributed by atoms with Gasteiger partial charge in [-0.2, -0.15) is 0 Å². The number of hydrogen-bond donors (Lipinski definition) is 1. The molecule has 0 fully saturated rings. The molecule has 18 heavy (non-hydrogen) atoms. The van der Waals surface area contributed by atoms with E-state index >= 15 is 0 Å². The molecule has 0 aliphatic rings. The molecule has 5 nitrogen and oxygen atoms in total. The number of halogens is 1. The number of nitro groups is 1. The molecule has 0 aliphatic carbocycles. The number of carbonyl (C=O) groups excluding carboxylic acids is 1. The third-order valence-electron chi connectivity index (χ3n) is 2.44. The van der Waals surface area contributed by atoms with E-state index in [1.165, 1.54) is 18.2 Å². The summed E-state index contributed by atoms with van der Waals surface area (Å²) in [4.78, 5) is 21.5. The second-order valence-electron chi connectivity index (χ2n) is 3.93. The molecule has 1 rings (SSSR count). The molecule has 0 atom stereocenters. The lowest BCUT2D eigenvalue weighted by molar-refractivity contribution is -0.384. The third-order valence-corrected chi connectivity index (χ3v) is 2.74. The maximum Gasteiger partial charge on any atom is 0.288 e. The maximum absolute atomic E-state index is 11.5. The Kier molecular flexibility index (Phi) is 5.58. The monoisotopic (exact) mass is 270 g/mol. The highest BCUT2D eigenvalue weighted by Crippen LogP contribution is 2.27. The van der Waals surface area contributed by atoms with Crippen molar-refractivity contribution in [3.63, 3.8) is 0 Å². The Labute approximate surface area is 110 Å². The smallest absolute Gasteiger partial charge is 0.288 e. The Morgan fingerprint density at radius 2 is 2.17 bits per heavy atom. The van der Waals surface area contributed by atoms with Crippen molar-refractivity contribution in [2.45, 2.75) is 32.6 Å². The third kappa shape index (κ3) is 4.33. The summed E-state index contributed by atoms with van der Waals surface area (Å²) in [6.45, 7) is 2.06. The van der Waals surface area contributed by atoms with Crippen molar-refractivity contribution >= 4 is 28.9 Å². The number of nitro benzene ring substituents is 1. The molecule has 0 saturated heterocycles. The van der Waals surface area contributed by atoms with Gasteiger partial charge in [0.25, 0.3) is 5.69 Å². The predicted octanol–water partition coefficient (Wildman–Crippen LogP) is 3.77. The normalized spacial score (nSPS) is 10.1. The summed E-state index contributed by atoms with van der Waals surface area (Å²) in [5.41, 5.74) is 0.313. The Morgan fingerprint density at radius 3 is 2.72 bits per heavy atom. The van der Waals surface area contributed by atoms with Crippen LogP contribution in [-0.4, -0.2) is 10.8 Å². The fraction of sp³-hybridized carbons (Fsp3) is 0.417. The van der Waals surface area contributed by atoms with Crippen LogP contribution in [0.4, 0.5) is 11.4 Å². The van der Waals surface area contributed by atoms with Crippen LogP contribution in [0.5, 0.6) is 0 Å².